The van der Waals surface area contributed by atoms with Gasteiger partial charge in [-0.2, -0.15) is 0 Å². The maximum absolute atomic E-state index is 12.9. The molecule has 1 aliphatic rings. The van der Waals surface area contributed by atoms with Gasteiger partial charge in [0, 0.05) is 24.2 Å². The summed E-state index contributed by atoms with van der Waals surface area (Å²) in [6.45, 7) is 3.81. The summed E-state index contributed by atoms with van der Waals surface area (Å²) in [4.78, 5) is 15.3. The highest BCUT2D eigenvalue weighted by Crippen LogP contribution is 2.28. The van der Waals surface area contributed by atoms with Crippen molar-refractivity contribution in [3.8, 4) is 0 Å². The summed E-state index contributed by atoms with van der Waals surface area (Å²) in [6.07, 6.45) is 4.87. The van der Waals surface area contributed by atoms with Crippen LogP contribution in [-0.2, 0) is 14.8 Å². The molecule has 0 saturated carbocycles. The maximum Gasteiger partial charge on any atom is 0.241 e. The second-order valence-corrected chi connectivity index (χ2v) is 10.6. The van der Waals surface area contributed by atoms with Crippen molar-refractivity contribution >= 4 is 38.1 Å². The van der Waals surface area contributed by atoms with E-state index < -0.39 is 10.0 Å². The SMILES string of the molecule is CC(NC(=O)CN(c1cccc2ccccc12)S(C)(=O)=O)c1ccc(N2CCCCC2)cc1. The van der Waals surface area contributed by atoms with Crippen LogP contribution in [-0.4, -0.2) is 40.2 Å². The number of nitrogens with zero attached hydrogens (tertiary/aromatic N) is 2. The molecule has 1 atom stereocenters. The number of benzene rings is 3. The minimum atomic E-state index is -3.66. The van der Waals surface area contributed by atoms with Crippen molar-refractivity contribution < 1.29 is 13.2 Å². The first-order chi connectivity index (χ1) is 15.8. The van der Waals surface area contributed by atoms with Crippen LogP contribution < -0.4 is 14.5 Å². The van der Waals surface area contributed by atoms with Gasteiger partial charge < -0.3 is 10.2 Å². The molecule has 7 heteroatoms. The molecule has 1 heterocycles. The molecule has 4 rings (SSSR count). The molecule has 33 heavy (non-hydrogen) atoms. The second-order valence-electron chi connectivity index (χ2n) is 8.70. The number of nitrogens with one attached hydrogen (secondary N) is 1. The van der Waals surface area contributed by atoms with Gasteiger partial charge in [0.15, 0.2) is 0 Å². The lowest BCUT2D eigenvalue weighted by atomic mass is 10.1. The monoisotopic (exact) mass is 465 g/mol. The van der Waals surface area contributed by atoms with Crippen LogP contribution in [0.5, 0.6) is 0 Å². The third kappa shape index (κ3) is 5.47. The summed E-state index contributed by atoms with van der Waals surface area (Å²) >= 11 is 0. The third-order valence-corrected chi connectivity index (χ3v) is 7.34. The van der Waals surface area contributed by atoms with Gasteiger partial charge in [-0.05, 0) is 55.3 Å². The number of rotatable bonds is 7. The summed E-state index contributed by atoms with van der Waals surface area (Å²) in [7, 11) is -3.66. The molecule has 1 amide bonds. The lowest BCUT2D eigenvalue weighted by Crippen LogP contribution is -2.41. The Labute approximate surface area is 196 Å². The Kier molecular flexibility index (Phi) is 6.88. The van der Waals surface area contributed by atoms with E-state index in [-0.39, 0.29) is 18.5 Å². The molecular formula is C26H31N3O3S. The number of carbonyl (C=O) groups excluding carboxylic acids is 1. The fourth-order valence-corrected chi connectivity index (χ4v) is 5.30. The predicted octanol–water partition coefficient (Wildman–Crippen LogP) is 4.47. The van der Waals surface area contributed by atoms with Crippen LogP contribution in [0.15, 0.2) is 66.7 Å². The molecule has 1 saturated heterocycles. The summed E-state index contributed by atoms with van der Waals surface area (Å²) in [5.41, 5.74) is 2.70. The highest BCUT2D eigenvalue weighted by Gasteiger charge is 2.23. The van der Waals surface area contributed by atoms with E-state index >= 15 is 0 Å². The van der Waals surface area contributed by atoms with Crippen molar-refractivity contribution in [1.82, 2.24) is 5.32 Å². The molecule has 1 aliphatic heterocycles. The molecule has 0 radical (unpaired) electrons. The fraction of sp³-hybridized carbons (Fsp3) is 0.346. The van der Waals surface area contributed by atoms with Crippen LogP contribution in [0.3, 0.4) is 0 Å². The van der Waals surface area contributed by atoms with Gasteiger partial charge in [-0.3, -0.25) is 9.10 Å². The molecule has 1 fully saturated rings. The molecule has 1 unspecified atom stereocenters. The first kappa shape index (κ1) is 23.1. The molecule has 0 bridgehead atoms. The Balaban J connectivity index is 1.47. The molecule has 1 N–H and O–H groups in total. The third-order valence-electron chi connectivity index (χ3n) is 6.21. The Bertz CT molecular complexity index is 1210. The minimum Gasteiger partial charge on any atom is -0.372 e. The zero-order valence-electron chi connectivity index (χ0n) is 19.2. The van der Waals surface area contributed by atoms with Gasteiger partial charge in [0.25, 0.3) is 0 Å². The summed E-state index contributed by atoms with van der Waals surface area (Å²) in [6, 6.07) is 21.1. The van der Waals surface area contributed by atoms with Crippen molar-refractivity contribution in [3.63, 3.8) is 0 Å². The molecule has 0 aliphatic carbocycles. The number of carbonyl (C=O) groups is 1. The number of hydrogen-bond donors (Lipinski definition) is 1. The van der Waals surface area contributed by atoms with Crippen LogP contribution in [0.2, 0.25) is 0 Å². The molecule has 6 nitrogen and oxygen atoms in total. The van der Waals surface area contributed by atoms with Crippen LogP contribution in [0.25, 0.3) is 10.8 Å². The Morgan fingerprint density at radius 3 is 2.33 bits per heavy atom. The summed E-state index contributed by atoms with van der Waals surface area (Å²) < 4.78 is 26.4. The topological polar surface area (TPSA) is 69.7 Å². The van der Waals surface area contributed by atoms with Crippen LogP contribution in [0.4, 0.5) is 11.4 Å². The van der Waals surface area contributed by atoms with Crippen molar-refractivity contribution in [2.75, 3.05) is 35.1 Å². The van der Waals surface area contributed by atoms with Crippen molar-refractivity contribution in [2.45, 2.75) is 32.2 Å². The van der Waals surface area contributed by atoms with Gasteiger partial charge >= 0.3 is 0 Å². The predicted molar refractivity (Wildman–Crippen MR) is 135 cm³/mol. The van der Waals surface area contributed by atoms with Gasteiger partial charge in [-0.25, -0.2) is 8.42 Å². The molecule has 3 aromatic rings. The van der Waals surface area contributed by atoms with E-state index in [1.54, 1.807) is 12.1 Å². The van der Waals surface area contributed by atoms with E-state index in [1.165, 1.54) is 29.3 Å². The molecule has 3 aromatic carbocycles. The van der Waals surface area contributed by atoms with Gasteiger partial charge in [0.05, 0.1) is 18.0 Å². The van der Waals surface area contributed by atoms with Crippen LogP contribution in [0, 0.1) is 0 Å². The smallest absolute Gasteiger partial charge is 0.241 e. The van der Waals surface area contributed by atoms with Gasteiger partial charge in [-0.1, -0.05) is 48.5 Å². The molecular weight excluding hydrogens is 434 g/mol. The van der Waals surface area contributed by atoms with E-state index in [0.717, 1.165) is 35.7 Å². The average Bonchev–Trinajstić information content (AvgIpc) is 2.82. The molecule has 0 aromatic heterocycles. The molecule has 174 valence electrons. The standard InChI is InChI=1S/C26H31N3O3S/c1-20(21-13-15-23(16-14-21)28-17-6-3-7-18-28)27-26(30)19-29(33(2,31)32)25-12-8-10-22-9-4-5-11-24(22)25/h4-5,8-16,20H,3,6-7,17-19H2,1-2H3,(H,27,30). The zero-order chi connectivity index (χ0) is 23.4. The summed E-state index contributed by atoms with van der Waals surface area (Å²) in [5.74, 6) is -0.346. The first-order valence-corrected chi connectivity index (χ1v) is 13.3. The molecule has 0 spiro atoms. The van der Waals surface area contributed by atoms with Gasteiger partial charge in [0.1, 0.15) is 6.54 Å². The number of fused-ring (bicyclic) bond motifs is 1. The quantitative estimate of drug-likeness (QED) is 0.559. The number of amides is 1. The normalized spacial score (nSPS) is 15.3. The number of hydrogen-bond acceptors (Lipinski definition) is 4. The zero-order valence-corrected chi connectivity index (χ0v) is 20.0. The lowest BCUT2D eigenvalue weighted by Gasteiger charge is -2.29. The first-order valence-electron chi connectivity index (χ1n) is 11.4. The second kappa shape index (κ2) is 9.83. The minimum absolute atomic E-state index is 0.234. The fourth-order valence-electron chi connectivity index (χ4n) is 4.43. The van der Waals surface area contributed by atoms with Crippen LogP contribution in [0.1, 0.15) is 37.8 Å². The summed E-state index contributed by atoms with van der Waals surface area (Å²) in [5, 5.41) is 4.67. The van der Waals surface area contributed by atoms with Crippen molar-refractivity contribution in [2.24, 2.45) is 0 Å². The number of anilines is 2. The largest absolute Gasteiger partial charge is 0.372 e. The van der Waals surface area contributed by atoms with Gasteiger partial charge in [-0.15, -0.1) is 0 Å². The number of piperidine rings is 1. The van der Waals surface area contributed by atoms with Crippen LogP contribution >= 0.6 is 0 Å². The van der Waals surface area contributed by atoms with Gasteiger partial charge in [0.2, 0.25) is 15.9 Å². The Hall–Kier alpha value is -3.06. The Morgan fingerprint density at radius 1 is 0.970 bits per heavy atom. The lowest BCUT2D eigenvalue weighted by molar-refractivity contribution is -0.120. The highest BCUT2D eigenvalue weighted by molar-refractivity contribution is 7.92. The van der Waals surface area contributed by atoms with E-state index in [0.29, 0.717) is 5.69 Å². The van der Waals surface area contributed by atoms with E-state index in [1.807, 2.05) is 49.4 Å². The van der Waals surface area contributed by atoms with E-state index in [2.05, 4.69) is 22.3 Å². The van der Waals surface area contributed by atoms with Crippen molar-refractivity contribution in [3.05, 3.63) is 72.3 Å². The van der Waals surface area contributed by atoms with E-state index in [9.17, 15) is 13.2 Å². The Morgan fingerprint density at radius 2 is 1.64 bits per heavy atom. The van der Waals surface area contributed by atoms with E-state index in [4.69, 9.17) is 0 Å². The number of sulfonamides is 1. The van der Waals surface area contributed by atoms with Crippen molar-refractivity contribution in [1.29, 1.82) is 0 Å². The maximum atomic E-state index is 12.9. The average molecular weight is 466 g/mol. The highest BCUT2D eigenvalue weighted by atomic mass is 32.2.